The number of primary amides is 1. The number of carbonyl (C=O) groups is 1. The highest BCUT2D eigenvalue weighted by molar-refractivity contribution is 5.92. The number of nitrogens with zero attached hydrogens (tertiary/aromatic N) is 2. The molecule has 19 heavy (non-hydrogen) atoms. The Kier molecular flexibility index (Phi) is 4.68. The lowest BCUT2D eigenvalue weighted by Crippen LogP contribution is -2.17. The zero-order chi connectivity index (χ0) is 14.6. The van der Waals surface area contributed by atoms with Gasteiger partial charge in [-0.1, -0.05) is 18.7 Å². The molecule has 0 fully saturated rings. The summed E-state index contributed by atoms with van der Waals surface area (Å²) < 4.78 is 39.2. The summed E-state index contributed by atoms with van der Waals surface area (Å²) in [6, 6.07) is 0.819. The predicted molar refractivity (Wildman–Crippen MR) is 65.0 cm³/mol. The molecule has 1 aromatic heterocycles. The maximum absolute atomic E-state index is 13.3. The number of nitrogens with two attached hydrogens (primary N) is 1. The van der Waals surface area contributed by atoms with Gasteiger partial charge in [-0.2, -0.15) is 5.10 Å². The number of halogens is 3. The smallest absolute Gasteiger partial charge is 0.282 e. The van der Waals surface area contributed by atoms with Gasteiger partial charge in [0.05, 0.1) is 0 Å². The van der Waals surface area contributed by atoms with E-state index < -0.39 is 23.9 Å². The van der Waals surface area contributed by atoms with Gasteiger partial charge in [0.15, 0.2) is 0 Å². The number of allylic oxidation sites excluding steroid dienone is 5. The highest BCUT2D eigenvalue weighted by atomic mass is 19.3. The Morgan fingerprint density at radius 3 is 2.63 bits per heavy atom. The lowest BCUT2D eigenvalue weighted by Gasteiger charge is -2.06. The van der Waals surface area contributed by atoms with E-state index in [0.717, 1.165) is 6.07 Å². The van der Waals surface area contributed by atoms with Crippen LogP contribution >= 0.6 is 0 Å². The molecule has 0 aliphatic rings. The summed E-state index contributed by atoms with van der Waals surface area (Å²) >= 11 is 0. The standard InChI is InChI=1S/C12H12F3N3O/c1-3-4-5-9(7(2)13)18-10(12(16)19)6-8(17-18)11(14)15/h3-6,11H,2H2,1H3,(H2,16,19)/b4-3-,9-5+. The highest BCUT2D eigenvalue weighted by Gasteiger charge is 2.21. The monoisotopic (exact) mass is 271 g/mol. The molecule has 0 atom stereocenters. The zero-order valence-corrected chi connectivity index (χ0v) is 10.1. The molecule has 1 rings (SSSR count). The molecule has 1 aromatic rings. The van der Waals surface area contributed by atoms with Gasteiger partial charge in [-0.15, -0.1) is 0 Å². The van der Waals surface area contributed by atoms with Crippen LogP contribution in [0.3, 0.4) is 0 Å². The Labute approximate surface area is 107 Å². The minimum Gasteiger partial charge on any atom is -0.364 e. The third-order valence-corrected chi connectivity index (χ3v) is 2.16. The number of rotatable bonds is 5. The molecule has 0 spiro atoms. The fourth-order valence-electron chi connectivity index (χ4n) is 1.33. The van der Waals surface area contributed by atoms with Gasteiger partial charge in [-0.25, -0.2) is 17.9 Å². The van der Waals surface area contributed by atoms with Crippen molar-refractivity contribution in [2.24, 2.45) is 5.73 Å². The largest absolute Gasteiger partial charge is 0.364 e. The third-order valence-electron chi connectivity index (χ3n) is 2.16. The Bertz CT molecular complexity index is 559. The second kappa shape index (κ2) is 6.03. The van der Waals surface area contributed by atoms with Gasteiger partial charge in [0.1, 0.15) is 22.9 Å². The van der Waals surface area contributed by atoms with Crippen molar-refractivity contribution >= 4 is 11.6 Å². The van der Waals surface area contributed by atoms with Crippen LogP contribution in [0.15, 0.2) is 36.7 Å². The minimum absolute atomic E-state index is 0.237. The number of amides is 1. The number of hydrogen-bond donors (Lipinski definition) is 1. The Morgan fingerprint density at radius 1 is 1.58 bits per heavy atom. The van der Waals surface area contributed by atoms with Crippen molar-refractivity contribution in [1.82, 2.24) is 9.78 Å². The summed E-state index contributed by atoms with van der Waals surface area (Å²) in [4.78, 5) is 11.2. The molecule has 102 valence electrons. The number of alkyl halides is 2. The van der Waals surface area contributed by atoms with Gasteiger partial charge in [0.2, 0.25) is 0 Å². The minimum atomic E-state index is -2.89. The second-order valence-corrected chi connectivity index (χ2v) is 3.51. The average Bonchev–Trinajstić information content (AvgIpc) is 2.74. The fraction of sp³-hybridized carbons (Fsp3) is 0.167. The zero-order valence-electron chi connectivity index (χ0n) is 10.1. The van der Waals surface area contributed by atoms with Gasteiger partial charge in [-0.05, 0) is 19.1 Å². The molecule has 0 aliphatic heterocycles. The number of carbonyl (C=O) groups excluding carboxylic acids is 1. The molecule has 4 nitrogen and oxygen atoms in total. The van der Waals surface area contributed by atoms with Gasteiger partial charge in [0.25, 0.3) is 12.3 Å². The first-order valence-corrected chi connectivity index (χ1v) is 5.24. The molecule has 0 radical (unpaired) electrons. The van der Waals surface area contributed by atoms with Crippen molar-refractivity contribution in [3.8, 4) is 0 Å². The first-order chi connectivity index (χ1) is 8.88. The summed E-state index contributed by atoms with van der Waals surface area (Å²) in [7, 11) is 0. The first-order valence-electron chi connectivity index (χ1n) is 5.24. The van der Waals surface area contributed by atoms with E-state index in [9.17, 15) is 18.0 Å². The van der Waals surface area contributed by atoms with Crippen LogP contribution in [0, 0.1) is 0 Å². The van der Waals surface area contributed by atoms with Crippen LogP contribution in [0.2, 0.25) is 0 Å². The van der Waals surface area contributed by atoms with E-state index in [4.69, 9.17) is 5.73 Å². The SMILES string of the molecule is C=C(F)/C(=C\C=C/C)n1nc(C(F)F)cc1C(N)=O. The van der Waals surface area contributed by atoms with E-state index in [1.807, 2.05) is 0 Å². The molecule has 0 bridgehead atoms. The van der Waals surface area contributed by atoms with Crippen LogP contribution in [0.4, 0.5) is 13.2 Å². The summed E-state index contributed by atoms with van der Waals surface area (Å²) in [6.07, 6.45) is 1.39. The van der Waals surface area contributed by atoms with Crippen molar-refractivity contribution in [3.63, 3.8) is 0 Å². The van der Waals surface area contributed by atoms with Gasteiger partial charge in [-0.3, -0.25) is 4.79 Å². The van der Waals surface area contributed by atoms with Gasteiger partial charge >= 0.3 is 0 Å². The molecular formula is C12H12F3N3O. The van der Waals surface area contributed by atoms with E-state index >= 15 is 0 Å². The van der Waals surface area contributed by atoms with E-state index in [0.29, 0.717) is 4.68 Å². The molecule has 0 saturated heterocycles. The molecule has 0 saturated carbocycles. The van der Waals surface area contributed by atoms with Crippen LogP contribution in [0.1, 0.15) is 29.5 Å². The van der Waals surface area contributed by atoms with Crippen molar-refractivity contribution in [1.29, 1.82) is 0 Å². The summed E-state index contributed by atoms with van der Waals surface area (Å²) in [5, 5.41) is 3.47. The normalized spacial score (nSPS) is 12.4. The highest BCUT2D eigenvalue weighted by Crippen LogP contribution is 2.23. The summed E-state index contributed by atoms with van der Waals surface area (Å²) in [6.45, 7) is 4.75. The van der Waals surface area contributed by atoms with Crippen molar-refractivity contribution in [2.75, 3.05) is 0 Å². The molecule has 0 aromatic carbocycles. The molecule has 1 amide bonds. The van der Waals surface area contributed by atoms with Gasteiger partial charge < -0.3 is 5.73 Å². The molecule has 0 aliphatic carbocycles. The second-order valence-electron chi connectivity index (χ2n) is 3.51. The average molecular weight is 271 g/mol. The molecule has 2 N–H and O–H groups in total. The van der Waals surface area contributed by atoms with Gasteiger partial charge in [0, 0.05) is 0 Å². The maximum Gasteiger partial charge on any atom is 0.282 e. The van der Waals surface area contributed by atoms with Crippen molar-refractivity contribution in [3.05, 3.63) is 48.1 Å². The Balaban J connectivity index is 3.45. The number of aromatic nitrogens is 2. The third kappa shape index (κ3) is 3.34. The Hall–Kier alpha value is -2.31. The predicted octanol–water partition coefficient (Wildman–Crippen LogP) is 2.82. The number of hydrogen-bond acceptors (Lipinski definition) is 2. The van der Waals surface area contributed by atoms with Crippen LogP contribution in [0.25, 0.3) is 5.70 Å². The Morgan fingerprint density at radius 2 is 2.21 bits per heavy atom. The summed E-state index contributed by atoms with van der Waals surface area (Å²) in [5.74, 6) is -1.92. The van der Waals surface area contributed by atoms with Crippen LogP contribution in [0.5, 0.6) is 0 Å². The van der Waals surface area contributed by atoms with Crippen molar-refractivity contribution < 1.29 is 18.0 Å². The summed E-state index contributed by atoms with van der Waals surface area (Å²) in [5.41, 5.74) is 3.81. The van der Waals surface area contributed by atoms with Crippen LogP contribution < -0.4 is 5.73 Å². The van der Waals surface area contributed by atoms with E-state index in [1.165, 1.54) is 12.2 Å². The van der Waals surface area contributed by atoms with Crippen molar-refractivity contribution in [2.45, 2.75) is 13.3 Å². The quantitative estimate of drug-likeness (QED) is 0.837. The molecule has 1 heterocycles. The fourth-order valence-corrected chi connectivity index (χ4v) is 1.33. The lowest BCUT2D eigenvalue weighted by molar-refractivity contribution is 0.0993. The van der Waals surface area contributed by atoms with E-state index in [2.05, 4.69) is 11.7 Å². The van der Waals surface area contributed by atoms with Crippen LogP contribution in [-0.4, -0.2) is 15.7 Å². The molecule has 7 heteroatoms. The first kappa shape index (κ1) is 14.7. The topological polar surface area (TPSA) is 60.9 Å². The van der Waals surface area contributed by atoms with Crippen LogP contribution in [-0.2, 0) is 0 Å². The lowest BCUT2D eigenvalue weighted by atomic mass is 10.3. The van der Waals surface area contributed by atoms with E-state index in [1.54, 1.807) is 13.0 Å². The maximum atomic E-state index is 13.3. The van der Waals surface area contributed by atoms with E-state index in [-0.39, 0.29) is 11.4 Å². The molecule has 0 unspecified atom stereocenters. The molecular weight excluding hydrogens is 259 g/mol.